The number of ether oxygens (including phenoxy) is 2. The summed E-state index contributed by atoms with van der Waals surface area (Å²) in [5, 5.41) is 0. The molecule has 0 aromatic carbocycles. The number of rotatable bonds is 5. The minimum Gasteiger partial charge on any atom is -0.377 e. The van der Waals surface area contributed by atoms with Crippen molar-refractivity contribution >= 4 is 17.7 Å². The van der Waals surface area contributed by atoms with Gasteiger partial charge in [0.1, 0.15) is 6.61 Å². The van der Waals surface area contributed by atoms with E-state index in [1.54, 1.807) is 7.11 Å². The van der Waals surface area contributed by atoms with Crippen LogP contribution in [0.4, 0.5) is 0 Å². The maximum atomic E-state index is 11.7. The summed E-state index contributed by atoms with van der Waals surface area (Å²) in [4.78, 5) is 13.6. The molecular formula is C15H25NO3S. The maximum Gasteiger partial charge on any atom is 0.248 e. The van der Waals surface area contributed by atoms with Gasteiger partial charge in [-0.25, -0.2) is 0 Å². The summed E-state index contributed by atoms with van der Waals surface area (Å²) in [5.41, 5.74) is 0. The van der Waals surface area contributed by atoms with Gasteiger partial charge in [-0.15, -0.1) is 11.8 Å². The molecule has 4 nitrogen and oxygen atoms in total. The van der Waals surface area contributed by atoms with Crippen LogP contribution in [0.3, 0.4) is 0 Å². The molecule has 2 saturated heterocycles. The SMILES string of the molecule is COCC(=O)N1CC2(C[C@H](OCC3CCCC3)CS2)C1. The van der Waals surface area contributed by atoms with Crippen molar-refractivity contribution in [3.8, 4) is 0 Å². The lowest BCUT2D eigenvalue weighted by Gasteiger charge is -2.47. The van der Waals surface area contributed by atoms with E-state index in [9.17, 15) is 4.79 Å². The van der Waals surface area contributed by atoms with E-state index in [1.807, 2.05) is 16.7 Å². The number of nitrogens with zero attached hydrogens (tertiary/aromatic N) is 1. The summed E-state index contributed by atoms with van der Waals surface area (Å²) < 4.78 is 11.3. The highest BCUT2D eigenvalue weighted by atomic mass is 32.2. The molecule has 2 aliphatic heterocycles. The second kappa shape index (κ2) is 6.24. The molecule has 1 spiro atoms. The van der Waals surface area contributed by atoms with Crippen molar-refractivity contribution in [3.05, 3.63) is 0 Å². The number of methoxy groups -OCH3 is 1. The van der Waals surface area contributed by atoms with Crippen LogP contribution >= 0.6 is 11.8 Å². The molecule has 0 radical (unpaired) electrons. The zero-order valence-electron chi connectivity index (χ0n) is 12.3. The third-order valence-electron chi connectivity index (χ3n) is 4.80. The fourth-order valence-electron chi connectivity index (χ4n) is 3.62. The predicted molar refractivity (Wildman–Crippen MR) is 80.0 cm³/mol. The molecule has 3 rings (SSSR count). The molecule has 1 atom stereocenters. The Bertz CT molecular complexity index is 351. The Kier molecular flexibility index (Phi) is 4.58. The van der Waals surface area contributed by atoms with Gasteiger partial charge >= 0.3 is 0 Å². The highest BCUT2D eigenvalue weighted by Gasteiger charge is 2.50. The van der Waals surface area contributed by atoms with Crippen molar-refractivity contribution in [1.82, 2.24) is 4.90 Å². The first-order valence-electron chi connectivity index (χ1n) is 7.73. The first kappa shape index (κ1) is 14.7. The third-order valence-corrected chi connectivity index (χ3v) is 6.37. The summed E-state index contributed by atoms with van der Waals surface area (Å²) in [6, 6.07) is 0. The number of carbonyl (C=O) groups is 1. The van der Waals surface area contributed by atoms with Crippen LogP contribution in [0.1, 0.15) is 32.1 Å². The zero-order valence-corrected chi connectivity index (χ0v) is 13.1. The summed E-state index contributed by atoms with van der Waals surface area (Å²) in [7, 11) is 1.57. The number of thioether (sulfide) groups is 1. The van der Waals surface area contributed by atoms with Crippen molar-refractivity contribution < 1.29 is 14.3 Å². The van der Waals surface area contributed by atoms with E-state index in [-0.39, 0.29) is 17.3 Å². The van der Waals surface area contributed by atoms with E-state index >= 15 is 0 Å². The average Bonchev–Trinajstić information content (AvgIpc) is 3.04. The second-order valence-electron chi connectivity index (χ2n) is 6.49. The summed E-state index contributed by atoms with van der Waals surface area (Å²) in [5.74, 6) is 2.02. The molecule has 0 unspecified atom stereocenters. The largest absolute Gasteiger partial charge is 0.377 e. The van der Waals surface area contributed by atoms with Crippen LogP contribution < -0.4 is 0 Å². The topological polar surface area (TPSA) is 38.8 Å². The Morgan fingerprint density at radius 3 is 2.80 bits per heavy atom. The number of hydrogen-bond acceptors (Lipinski definition) is 4. The third kappa shape index (κ3) is 3.15. The molecule has 0 bridgehead atoms. The van der Waals surface area contributed by atoms with Crippen molar-refractivity contribution in [2.75, 3.05) is 39.2 Å². The van der Waals surface area contributed by atoms with E-state index in [0.29, 0.717) is 6.10 Å². The molecule has 0 N–H and O–H groups in total. The molecule has 20 heavy (non-hydrogen) atoms. The average molecular weight is 299 g/mol. The molecule has 3 fully saturated rings. The summed E-state index contributed by atoms with van der Waals surface area (Å²) >= 11 is 2.00. The van der Waals surface area contributed by atoms with Gasteiger partial charge in [-0.1, -0.05) is 12.8 Å². The lowest BCUT2D eigenvalue weighted by molar-refractivity contribution is -0.140. The van der Waals surface area contributed by atoms with Gasteiger partial charge in [0.15, 0.2) is 0 Å². The van der Waals surface area contributed by atoms with E-state index in [0.717, 1.165) is 37.8 Å². The molecule has 0 aromatic rings. The summed E-state index contributed by atoms with van der Waals surface area (Å²) in [6.45, 7) is 2.92. The lowest BCUT2D eigenvalue weighted by Crippen LogP contribution is -2.61. The van der Waals surface area contributed by atoms with Crippen LogP contribution in [0.25, 0.3) is 0 Å². The van der Waals surface area contributed by atoms with Gasteiger partial charge in [-0.3, -0.25) is 4.79 Å². The molecule has 1 amide bonds. The van der Waals surface area contributed by atoms with Gasteiger partial charge in [-0.2, -0.15) is 0 Å². The van der Waals surface area contributed by atoms with Gasteiger partial charge in [0.25, 0.3) is 0 Å². The van der Waals surface area contributed by atoms with Crippen LogP contribution in [0.2, 0.25) is 0 Å². The molecule has 5 heteroatoms. The molecule has 1 saturated carbocycles. The van der Waals surface area contributed by atoms with E-state index in [1.165, 1.54) is 25.7 Å². The normalized spacial score (nSPS) is 29.1. The fourth-order valence-corrected chi connectivity index (χ4v) is 5.17. The first-order chi connectivity index (χ1) is 9.71. The predicted octanol–water partition coefficient (Wildman–Crippen LogP) is 1.93. The van der Waals surface area contributed by atoms with Crippen molar-refractivity contribution in [2.45, 2.75) is 43.0 Å². The second-order valence-corrected chi connectivity index (χ2v) is 7.97. The van der Waals surface area contributed by atoms with E-state index in [4.69, 9.17) is 9.47 Å². The Labute approximate surface area is 125 Å². The van der Waals surface area contributed by atoms with Gasteiger partial charge in [0.2, 0.25) is 5.91 Å². The molecular weight excluding hydrogens is 274 g/mol. The highest BCUT2D eigenvalue weighted by molar-refractivity contribution is 8.01. The number of likely N-dealkylation sites (tertiary alicyclic amines) is 1. The van der Waals surface area contributed by atoms with Gasteiger partial charge in [0, 0.05) is 32.6 Å². The van der Waals surface area contributed by atoms with Crippen LogP contribution in [0.15, 0.2) is 0 Å². The van der Waals surface area contributed by atoms with Gasteiger partial charge < -0.3 is 14.4 Å². The molecule has 0 aromatic heterocycles. The Morgan fingerprint density at radius 2 is 2.10 bits per heavy atom. The van der Waals surface area contributed by atoms with Gasteiger partial charge in [0.05, 0.1) is 10.9 Å². The van der Waals surface area contributed by atoms with Gasteiger partial charge in [-0.05, 0) is 25.2 Å². The Morgan fingerprint density at radius 1 is 1.35 bits per heavy atom. The van der Waals surface area contributed by atoms with E-state index in [2.05, 4.69) is 0 Å². The maximum absolute atomic E-state index is 11.7. The quantitative estimate of drug-likeness (QED) is 0.777. The number of hydrogen-bond donors (Lipinski definition) is 0. The summed E-state index contributed by atoms with van der Waals surface area (Å²) in [6.07, 6.45) is 6.98. The monoisotopic (exact) mass is 299 g/mol. The molecule has 3 aliphatic rings. The molecule has 1 aliphatic carbocycles. The minimum atomic E-state index is 0.119. The number of amides is 1. The first-order valence-corrected chi connectivity index (χ1v) is 8.72. The Hall–Kier alpha value is -0.260. The Balaban J connectivity index is 1.38. The fraction of sp³-hybridized carbons (Fsp3) is 0.933. The minimum absolute atomic E-state index is 0.119. The lowest BCUT2D eigenvalue weighted by atomic mass is 9.93. The van der Waals surface area contributed by atoms with Crippen LogP contribution in [-0.4, -0.2) is 60.8 Å². The number of carbonyl (C=O) groups excluding carboxylic acids is 1. The van der Waals surface area contributed by atoms with Crippen LogP contribution in [0.5, 0.6) is 0 Å². The van der Waals surface area contributed by atoms with E-state index < -0.39 is 0 Å². The van der Waals surface area contributed by atoms with Crippen molar-refractivity contribution in [2.24, 2.45) is 5.92 Å². The zero-order chi connectivity index (χ0) is 14.0. The van der Waals surface area contributed by atoms with Crippen molar-refractivity contribution in [3.63, 3.8) is 0 Å². The van der Waals surface area contributed by atoms with Crippen LogP contribution in [-0.2, 0) is 14.3 Å². The smallest absolute Gasteiger partial charge is 0.248 e. The highest BCUT2D eigenvalue weighted by Crippen LogP contribution is 2.46. The van der Waals surface area contributed by atoms with Crippen molar-refractivity contribution in [1.29, 1.82) is 0 Å². The molecule has 114 valence electrons. The molecule has 2 heterocycles. The standard InChI is InChI=1S/C15H25NO3S/c1-18-8-14(17)16-10-15(11-16)6-13(9-20-15)19-7-12-4-2-3-5-12/h12-13H,2-11H2,1H3/t13-/m0/s1. The van der Waals surface area contributed by atoms with Crippen LogP contribution in [0, 0.1) is 5.92 Å².